The predicted octanol–water partition coefficient (Wildman–Crippen LogP) is 1.72. The third kappa shape index (κ3) is 1.69. The normalized spacial score (nSPS) is 14.6. The molecule has 0 saturated carbocycles. The highest BCUT2D eigenvalue weighted by Gasteiger charge is 2.30. The summed E-state index contributed by atoms with van der Waals surface area (Å²) in [5, 5.41) is 0.992. The second-order valence-corrected chi connectivity index (χ2v) is 4.62. The Morgan fingerprint density at radius 3 is 2.89 bits per heavy atom. The summed E-state index contributed by atoms with van der Waals surface area (Å²) in [6.07, 6.45) is 0.674. The van der Waals surface area contributed by atoms with Crippen molar-refractivity contribution in [3.63, 3.8) is 0 Å². The summed E-state index contributed by atoms with van der Waals surface area (Å²) in [6, 6.07) is 5.65. The van der Waals surface area contributed by atoms with E-state index in [4.69, 9.17) is 4.74 Å². The Hall–Kier alpha value is -2.30. The summed E-state index contributed by atoms with van der Waals surface area (Å²) in [5.41, 5.74) is 2.38. The monoisotopic (exact) mass is 258 g/mol. The number of benzene rings is 1. The number of imide groups is 1. The number of fused-ring (bicyclic) bond motifs is 3. The quantitative estimate of drug-likeness (QED) is 0.847. The number of amides is 2. The first-order valence-electron chi connectivity index (χ1n) is 6.13. The van der Waals surface area contributed by atoms with Crippen molar-refractivity contribution >= 4 is 22.7 Å². The third-order valence-electron chi connectivity index (χ3n) is 3.54. The van der Waals surface area contributed by atoms with Crippen LogP contribution in [0.5, 0.6) is 5.75 Å². The van der Waals surface area contributed by atoms with Gasteiger partial charge in [0.25, 0.3) is 5.91 Å². The van der Waals surface area contributed by atoms with Gasteiger partial charge in [-0.2, -0.15) is 0 Å². The molecule has 0 fully saturated rings. The molecule has 0 bridgehead atoms. The van der Waals surface area contributed by atoms with Crippen LogP contribution in [-0.2, 0) is 11.2 Å². The van der Waals surface area contributed by atoms with Crippen molar-refractivity contribution in [1.82, 2.24) is 9.88 Å². The highest BCUT2D eigenvalue weighted by Crippen LogP contribution is 2.30. The minimum Gasteiger partial charge on any atom is -0.497 e. The molecule has 1 aliphatic rings. The zero-order chi connectivity index (χ0) is 13.6. The first kappa shape index (κ1) is 11.8. The van der Waals surface area contributed by atoms with E-state index in [0.717, 1.165) is 22.2 Å². The van der Waals surface area contributed by atoms with Crippen molar-refractivity contribution in [2.75, 3.05) is 13.7 Å². The Balaban J connectivity index is 2.16. The van der Waals surface area contributed by atoms with E-state index >= 15 is 0 Å². The molecule has 0 saturated heterocycles. The van der Waals surface area contributed by atoms with E-state index < -0.39 is 0 Å². The van der Waals surface area contributed by atoms with Crippen LogP contribution >= 0.6 is 0 Å². The van der Waals surface area contributed by atoms with E-state index in [1.807, 2.05) is 18.2 Å². The molecule has 1 aromatic heterocycles. The third-order valence-corrected chi connectivity index (χ3v) is 3.54. The molecule has 2 aromatic rings. The highest BCUT2D eigenvalue weighted by molar-refractivity contribution is 6.08. The fourth-order valence-electron chi connectivity index (χ4n) is 2.56. The number of aromatic amines is 1. The van der Waals surface area contributed by atoms with Gasteiger partial charge in [0.05, 0.1) is 7.11 Å². The number of ether oxygens (including phenoxy) is 1. The maximum atomic E-state index is 12.2. The van der Waals surface area contributed by atoms with Crippen LogP contribution in [0.15, 0.2) is 18.2 Å². The maximum Gasteiger partial charge on any atom is 0.277 e. The van der Waals surface area contributed by atoms with Crippen molar-refractivity contribution in [1.29, 1.82) is 0 Å². The summed E-state index contributed by atoms with van der Waals surface area (Å²) in [4.78, 5) is 28.0. The van der Waals surface area contributed by atoms with Crippen molar-refractivity contribution in [2.24, 2.45) is 0 Å². The van der Waals surface area contributed by atoms with Crippen LogP contribution in [0.25, 0.3) is 10.9 Å². The predicted molar refractivity (Wildman–Crippen MR) is 70.3 cm³/mol. The topological polar surface area (TPSA) is 62.4 Å². The Labute approximate surface area is 110 Å². The van der Waals surface area contributed by atoms with E-state index in [9.17, 15) is 9.59 Å². The van der Waals surface area contributed by atoms with Gasteiger partial charge in [-0.25, -0.2) is 0 Å². The second-order valence-electron chi connectivity index (χ2n) is 4.62. The SMILES string of the molecule is COc1ccc2[nH]c3c(c2c1)CCN(C(C)=O)C3=O. The smallest absolute Gasteiger partial charge is 0.277 e. The fourth-order valence-corrected chi connectivity index (χ4v) is 2.56. The Bertz CT molecular complexity index is 687. The van der Waals surface area contributed by atoms with E-state index in [2.05, 4.69) is 4.98 Å². The summed E-state index contributed by atoms with van der Waals surface area (Å²) >= 11 is 0. The molecule has 1 N–H and O–H groups in total. The molecular weight excluding hydrogens is 244 g/mol. The number of nitrogens with zero attached hydrogens (tertiary/aromatic N) is 1. The highest BCUT2D eigenvalue weighted by atomic mass is 16.5. The summed E-state index contributed by atoms with van der Waals surface area (Å²) < 4.78 is 5.21. The number of aromatic nitrogens is 1. The van der Waals surface area contributed by atoms with Gasteiger partial charge in [-0.15, -0.1) is 0 Å². The van der Waals surface area contributed by atoms with Crippen LogP contribution in [0.1, 0.15) is 23.0 Å². The summed E-state index contributed by atoms with van der Waals surface area (Å²) in [5.74, 6) is 0.298. The molecule has 1 aromatic carbocycles. The van der Waals surface area contributed by atoms with E-state index in [0.29, 0.717) is 18.7 Å². The molecule has 19 heavy (non-hydrogen) atoms. The van der Waals surface area contributed by atoms with Crippen LogP contribution in [0, 0.1) is 0 Å². The number of hydrogen-bond acceptors (Lipinski definition) is 3. The van der Waals surface area contributed by atoms with Gasteiger partial charge in [0.2, 0.25) is 5.91 Å². The maximum absolute atomic E-state index is 12.2. The van der Waals surface area contributed by atoms with Crippen molar-refractivity contribution in [2.45, 2.75) is 13.3 Å². The van der Waals surface area contributed by atoms with Crippen LogP contribution in [0.3, 0.4) is 0 Å². The zero-order valence-corrected chi connectivity index (χ0v) is 10.8. The van der Waals surface area contributed by atoms with Crippen molar-refractivity contribution in [3.05, 3.63) is 29.5 Å². The Morgan fingerprint density at radius 1 is 1.42 bits per heavy atom. The van der Waals surface area contributed by atoms with E-state index in [-0.39, 0.29) is 11.8 Å². The lowest BCUT2D eigenvalue weighted by Gasteiger charge is -2.23. The molecule has 0 aliphatic carbocycles. The fraction of sp³-hybridized carbons (Fsp3) is 0.286. The lowest BCUT2D eigenvalue weighted by Crippen LogP contribution is -2.40. The van der Waals surface area contributed by atoms with Gasteiger partial charge in [-0.05, 0) is 30.2 Å². The summed E-state index contributed by atoms with van der Waals surface area (Å²) in [6.45, 7) is 1.85. The van der Waals surface area contributed by atoms with Gasteiger partial charge in [0.1, 0.15) is 11.4 Å². The number of rotatable bonds is 1. The average Bonchev–Trinajstić information content (AvgIpc) is 2.77. The number of carbonyl (C=O) groups is 2. The molecule has 3 rings (SSSR count). The molecule has 2 heterocycles. The number of hydrogen-bond donors (Lipinski definition) is 1. The minimum atomic E-state index is -0.246. The average molecular weight is 258 g/mol. The van der Waals surface area contributed by atoms with Crippen molar-refractivity contribution < 1.29 is 14.3 Å². The first-order valence-corrected chi connectivity index (χ1v) is 6.13. The molecule has 0 spiro atoms. The molecular formula is C14H14N2O3. The Morgan fingerprint density at radius 2 is 2.21 bits per heavy atom. The van der Waals surface area contributed by atoms with Gasteiger partial charge >= 0.3 is 0 Å². The number of methoxy groups -OCH3 is 1. The molecule has 0 atom stereocenters. The molecule has 2 amide bonds. The minimum absolute atomic E-state index is 0.216. The van der Waals surface area contributed by atoms with Crippen LogP contribution in [-0.4, -0.2) is 35.4 Å². The van der Waals surface area contributed by atoms with Gasteiger partial charge in [-0.1, -0.05) is 0 Å². The molecule has 0 radical (unpaired) electrons. The molecule has 0 unspecified atom stereocenters. The molecule has 5 heteroatoms. The van der Waals surface area contributed by atoms with Crippen LogP contribution < -0.4 is 4.74 Å². The lowest BCUT2D eigenvalue weighted by molar-refractivity contribution is -0.126. The molecule has 98 valence electrons. The van der Waals surface area contributed by atoms with Gasteiger partial charge in [-0.3, -0.25) is 14.5 Å². The van der Waals surface area contributed by atoms with Crippen LogP contribution in [0.2, 0.25) is 0 Å². The zero-order valence-electron chi connectivity index (χ0n) is 10.8. The standard InChI is InChI=1S/C14H14N2O3/c1-8(17)16-6-5-10-11-7-9(19-2)3-4-12(11)15-13(10)14(16)18/h3-4,7,15H,5-6H2,1-2H3. The lowest BCUT2D eigenvalue weighted by atomic mass is 10.0. The second kappa shape index (κ2) is 4.12. The van der Waals surface area contributed by atoms with Crippen molar-refractivity contribution in [3.8, 4) is 5.75 Å². The van der Waals surface area contributed by atoms with Gasteiger partial charge < -0.3 is 9.72 Å². The number of H-pyrrole nitrogens is 1. The van der Waals surface area contributed by atoms with E-state index in [1.54, 1.807) is 7.11 Å². The van der Waals surface area contributed by atoms with E-state index in [1.165, 1.54) is 11.8 Å². The van der Waals surface area contributed by atoms with Crippen LogP contribution in [0.4, 0.5) is 0 Å². The number of nitrogens with one attached hydrogen (secondary N) is 1. The largest absolute Gasteiger partial charge is 0.497 e. The number of carbonyl (C=O) groups excluding carboxylic acids is 2. The molecule has 5 nitrogen and oxygen atoms in total. The Kier molecular flexibility index (Phi) is 2.55. The van der Waals surface area contributed by atoms with Gasteiger partial charge in [0, 0.05) is 24.4 Å². The van der Waals surface area contributed by atoms with Gasteiger partial charge in [0.15, 0.2) is 0 Å². The summed E-state index contributed by atoms with van der Waals surface area (Å²) in [7, 11) is 1.61. The first-order chi connectivity index (χ1) is 9.11. The molecule has 1 aliphatic heterocycles.